The van der Waals surface area contributed by atoms with Crippen LogP contribution in [0.5, 0.6) is 0 Å². The Morgan fingerprint density at radius 1 is 0.722 bits per heavy atom. The molecule has 1 atom stereocenters. The van der Waals surface area contributed by atoms with Crippen LogP contribution in [0.4, 0.5) is 8.78 Å². The molecule has 0 spiro atoms. The molecule has 0 saturated carbocycles. The van der Waals surface area contributed by atoms with Crippen LogP contribution < -0.4 is 0 Å². The van der Waals surface area contributed by atoms with Gasteiger partial charge in [-0.05, 0) is 11.1 Å². The van der Waals surface area contributed by atoms with Gasteiger partial charge in [-0.1, -0.05) is 60.7 Å². The van der Waals surface area contributed by atoms with Gasteiger partial charge in [-0.2, -0.15) is 0 Å². The zero-order valence-corrected chi connectivity index (χ0v) is 9.71. The maximum atomic E-state index is 12.8. The summed E-state index contributed by atoms with van der Waals surface area (Å²) in [6.07, 6.45) is -4.47. The monoisotopic (exact) mass is 248 g/mol. The van der Waals surface area contributed by atoms with Gasteiger partial charge in [0.2, 0.25) is 0 Å². The maximum absolute atomic E-state index is 12.8. The fourth-order valence-corrected chi connectivity index (χ4v) is 2.05. The fourth-order valence-electron chi connectivity index (χ4n) is 2.05. The summed E-state index contributed by atoms with van der Waals surface area (Å²) < 4.78 is 25.6. The molecule has 1 nitrogen and oxygen atoms in total. The number of aliphatic hydroxyl groups is 1. The Balaban J connectivity index is 2.42. The summed E-state index contributed by atoms with van der Waals surface area (Å²) in [6.45, 7) is 0. The van der Waals surface area contributed by atoms with Crippen molar-refractivity contribution in [1.29, 1.82) is 0 Å². The average Bonchev–Trinajstić information content (AvgIpc) is 2.41. The van der Waals surface area contributed by atoms with E-state index in [4.69, 9.17) is 0 Å². The highest BCUT2D eigenvalue weighted by molar-refractivity contribution is 5.33. The minimum Gasteiger partial charge on any atom is -0.386 e. The first-order valence-electron chi connectivity index (χ1n) is 5.76. The summed E-state index contributed by atoms with van der Waals surface area (Å²) in [5.74, 6) is -0.701. The summed E-state index contributed by atoms with van der Waals surface area (Å²) in [5, 5.41) is 9.74. The molecular weight excluding hydrogens is 234 g/mol. The average molecular weight is 248 g/mol. The fraction of sp³-hybridized carbons (Fsp3) is 0.200. The van der Waals surface area contributed by atoms with E-state index in [0.29, 0.717) is 11.1 Å². The third-order valence-corrected chi connectivity index (χ3v) is 2.92. The molecule has 0 heterocycles. The normalized spacial score (nSPS) is 12.9. The molecule has 18 heavy (non-hydrogen) atoms. The van der Waals surface area contributed by atoms with Crippen molar-refractivity contribution < 1.29 is 13.9 Å². The summed E-state index contributed by atoms with van der Waals surface area (Å²) in [4.78, 5) is 0. The molecule has 0 amide bonds. The van der Waals surface area contributed by atoms with Crippen LogP contribution in [0.1, 0.15) is 17.0 Å². The zero-order valence-electron chi connectivity index (χ0n) is 9.71. The van der Waals surface area contributed by atoms with Crippen molar-refractivity contribution in [3.8, 4) is 0 Å². The molecular formula is C15H14F2O. The number of rotatable bonds is 4. The number of benzene rings is 2. The minimum atomic E-state index is -2.77. The molecule has 0 aliphatic heterocycles. The zero-order chi connectivity index (χ0) is 13.0. The number of aliphatic hydroxyl groups excluding tert-OH is 1. The van der Waals surface area contributed by atoms with E-state index in [9.17, 15) is 13.9 Å². The van der Waals surface area contributed by atoms with Gasteiger partial charge in [-0.15, -0.1) is 0 Å². The molecule has 3 heteroatoms. The van der Waals surface area contributed by atoms with Crippen molar-refractivity contribution in [2.24, 2.45) is 0 Å². The molecule has 2 aromatic carbocycles. The van der Waals surface area contributed by atoms with Gasteiger partial charge >= 0.3 is 0 Å². The highest BCUT2D eigenvalue weighted by atomic mass is 19.3. The Morgan fingerprint density at radius 3 is 1.44 bits per heavy atom. The van der Waals surface area contributed by atoms with Crippen LogP contribution in [0.2, 0.25) is 0 Å². The van der Waals surface area contributed by atoms with Gasteiger partial charge in [-0.25, -0.2) is 8.78 Å². The third kappa shape index (κ3) is 2.74. The second-order valence-electron chi connectivity index (χ2n) is 4.12. The number of halogens is 2. The van der Waals surface area contributed by atoms with E-state index in [2.05, 4.69) is 0 Å². The summed E-state index contributed by atoms with van der Waals surface area (Å²) >= 11 is 0. The summed E-state index contributed by atoms with van der Waals surface area (Å²) in [5.41, 5.74) is 1.38. The van der Waals surface area contributed by atoms with E-state index in [1.165, 1.54) is 0 Å². The number of hydrogen-bond acceptors (Lipinski definition) is 1. The predicted octanol–water partition coefficient (Wildman–Crippen LogP) is 3.44. The van der Waals surface area contributed by atoms with Crippen LogP contribution in [0.15, 0.2) is 60.7 Å². The Hall–Kier alpha value is -1.74. The molecule has 1 N–H and O–H groups in total. The quantitative estimate of drug-likeness (QED) is 0.878. The second kappa shape index (κ2) is 5.74. The first-order chi connectivity index (χ1) is 8.70. The molecule has 0 aliphatic carbocycles. The van der Waals surface area contributed by atoms with Gasteiger partial charge < -0.3 is 5.11 Å². The van der Waals surface area contributed by atoms with Crippen LogP contribution in [0.25, 0.3) is 0 Å². The van der Waals surface area contributed by atoms with Crippen LogP contribution in [0, 0.1) is 0 Å². The van der Waals surface area contributed by atoms with Crippen molar-refractivity contribution in [3.63, 3.8) is 0 Å². The topological polar surface area (TPSA) is 20.2 Å². The molecule has 0 fully saturated rings. The lowest BCUT2D eigenvalue weighted by molar-refractivity contribution is -0.0133. The molecule has 2 rings (SSSR count). The van der Waals surface area contributed by atoms with Crippen molar-refractivity contribution >= 4 is 0 Å². The van der Waals surface area contributed by atoms with Gasteiger partial charge in [-0.3, -0.25) is 0 Å². The molecule has 2 aromatic rings. The first kappa shape index (κ1) is 12.7. The van der Waals surface area contributed by atoms with E-state index in [1.54, 1.807) is 48.5 Å². The molecule has 0 saturated heterocycles. The van der Waals surface area contributed by atoms with Gasteiger partial charge in [0.15, 0.2) is 0 Å². The Kier molecular flexibility index (Phi) is 4.05. The van der Waals surface area contributed by atoms with Gasteiger partial charge in [0.05, 0.1) is 0 Å². The smallest absolute Gasteiger partial charge is 0.265 e. The van der Waals surface area contributed by atoms with Gasteiger partial charge in [0.25, 0.3) is 6.43 Å². The molecule has 0 aliphatic rings. The van der Waals surface area contributed by atoms with E-state index in [-0.39, 0.29) is 0 Å². The number of hydrogen-bond donors (Lipinski definition) is 1. The van der Waals surface area contributed by atoms with Crippen LogP contribution in [-0.2, 0) is 0 Å². The lowest BCUT2D eigenvalue weighted by Gasteiger charge is -2.23. The molecule has 0 radical (unpaired) electrons. The second-order valence-corrected chi connectivity index (χ2v) is 4.12. The van der Waals surface area contributed by atoms with E-state index >= 15 is 0 Å². The van der Waals surface area contributed by atoms with Crippen molar-refractivity contribution in [3.05, 3.63) is 71.8 Å². The van der Waals surface area contributed by atoms with E-state index in [0.717, 1.165) is 0 Å². The lowest BCUT2D eigenvalue weighted by Crippen LogP contribution is -2.27. The van der Waals surface area contributed by atoms with Crippen LogP contribution in [-0.4, -0.2) is 17.6 Å². The Morgan fingerprint density at radius 2 is 1.11 bits per heavy atom. The SMILES string of the molecule is OC(C(F)F)C(c1ccccc1)c1ccccc1. The predicted molar refractivity (Wildman–Crippen MR) is 66.7 cm³/mol. The van der Waals surface area contributed by atoms with Crippen LogP contribution in [0.3, 0.4) is 0 Å². The molecule has 94 valence electrons. The minimum absolute atomic E-state index is 0.691. The lowest BCUT2D eigenvalue weighted by atomic mass is 9.87. The van der Waals surface area contributed by atoms with E-state index < -0.39 is 18.4 Å². The van der Waals surface area contributed by atoms with E-state index in [1.807, 2.05) is 12.1 Å². The van der Waals surface area contributed by atoms with Gasteiger partial charge in [0.1, 0.15) is 6.10 Å². The van der Waals surface area contributed by atoms with Crippen molar-refractivity contribution in [2.45, 2.75) is 18.4 Å². The molecule has 0 bridgehead atoms. The highest BCUT2D eigenvalue weighted by Crippen LogP contribution is 2.30. The maximum Gasteiger partial charge on any atom is 0.265 e. The Labute approximate surface area is 105 Å². The standard InChI is InChI=1S/C15H14F2O/c16-15(17)14(18)13(11-7-3-1-4-8-11)12-9-5-2-6-10-12/h1-10,13-15,18H. The van der Waals surface area contributed by atoms with Crippen molar-refractivity contribution in [2.75, 3.05) is 0 Å². The van der Waals surface area contributed by atoms with Crippen LogP contribution >= 0.6 is 0 Å². The summed E-state index contributed by atoms with van der Waals surface area (Å²) in [6, 6.07) is 17.8. The van der Waals surface area contributed by atoms with Crippen molar-refractivity contribution in [1.82, 2.24) is 0 Å². The van der Waals surface area contributed by atoms with Gasteiger partial charge in [0, 0.05) is 5.92 Å². The summed E-state index contributed by atoms with van der Waals surface area (Å²) in [7, 11) is 0. The third-order valence-electron chi connectivity index (χ3n) is 2.92. The first-order valence-corrected chi connectivity index (χ1v) is 5.76. The largest absolute Gasteiger partial charge is 0.386 e. The number of alkyl halides is 2. The molecule has 0 aromatic heterocycles. The molecule has 1 unspecified atom stereocenters. The highest BCUT2D eigenvalue weighted by Gasteiger charge is 2.29. The Bertz CT molecular complexity index is 431.